The Morgan fingerprint density at radius 2 is 2.03 bits per heavy atom. The molecular weight excluding hydrogens is 401 g/mol. The smallest absolute Gasteiger partial charge is 0.422 e. The van der Waals surface area contributed by atoms with Crippen LogP contribution in [-0.4, -0.2) is 39.4 Å². The van der Waals surface area contributed by atoms with Crippen molar-refractivity contribution in [3.63, 3.8) is 0 Å². The highest BCUT2D eigenvalue weighted by molar-refractivity contribution is 5.92. The summed E-state index contributed by atoms with van der Waals surface area (Å²) in [4.78, 5) is 36.4. The molecule has 3 rings (SSSR count). The van der Waals surface area contributed by atoms with Crippen LogP contribution < -0.4 is 10.1 Å². The predicted molar refractivity (Wildman–Crippen MR) is 99.8 cm³/mol. The minimum atomic E-state index is -4.45. The molecule has 0 atom stereocenters. The van der Waals surface area contributed by atoms with Crippen molar-refractivity contribution in [3.05, 3.63) is 47.2 Å². The lowest BCUT2D eigenvalue weighted by atomic mass is 10.1. The van der Waals surface area contributed by atoms with Gasteiger partial charge in [0.15, 0.2) is 6.61 Å². The van der Waals surface area contributed by atoms with E-state index < -0.39 is 18.7 Å². The Kier molecular flexibility index (Phi) is 6.63. The van der Waals surface area contributed by atoms with Crippen molar-refractivity contribution < 1.29 is 27.5 Å². The van der Waals surface area contributed by atoms with Gasteiger partial charge < -0.3 is 10.1 Å². The van der Waals surface area contributed by atoms with Gasteiger partial charge in [0.05, 0.1) is 6.42 Å². The van der Waals surface area contributed by atoms with Gasteiger partial charge in [-0.3, -0.25) is 9.59 Å². The maximum Gasteiger partial charge on any atom is 0.422 e. The number of aryl methyl sites for hydroxylation is 1. The number of ether oxygens (including phenoxy) is 1. The van der Waals surface area contributed by atoms with Crippen LogP contribution in [0.4, 0.5) is 13.2 Å². The molecular formula is C20H21F3N4O3. The summed E-state index contributed by atoms with van der Waals surface area (Å²) in [5.41, 5.74) is 1.25. The number of nitrogens with zero attached hydrogens (tertiary/aromatic N) is 3. The maximum atomic E-state index is 12.4. The monoisotopic (exact) mass is 422 g/mol. The normalized spacial score (nSPS) is 13.7. The molecule has 0 unspecified atom stereocenters. The number of Topliss-reactive ketones (excluding diaryl/α,β-unsaturated/α-hetero) is 1. The van der Waals surface area contributed by atoms with E-state index in [9.17, 15) is 22.8 Å². The summed E-state index contributed by atoms with van der Waals surface area (Å²) >= 11 is 0. The topological polar surface area (TPSA) is 94.1 Å². The predicted octanol–water partition coefficient (Wildman–Crippen LogP) is 2.83. The second kappa shape index (κ2) is 9.19. The van der Waals surface area contributed by atoms with Gasteiger partial charge in [0.2, 0.25) is 5.88 Å². The zero-order valence-electron chi connectivity index (χ0n) is 16.3. The number of carbonyl (C=O) groups excluding carboxylic acids is 2. The van der Waals surface area contributed by atoms with E-state index in [1.165, 1.54) is 18.5 Å². The van der Waals surface area contributed by atoms with Crippen LogP contribution in [0.3, 0.4) is 0 Å². The number of rotatable bonds is 9. The van der Waals surface area contributed by atoms with Crippen LogP contribution in [0.1, 0.15) is 47.2 Å². The van der Waals surface area contributed by atoms with E-state index in [0.717, 1.165) is 12.8 Å². The van der Waals surface area contributed by atoms with Gasteiger partial charge in [0.25, 0.3) is 5.91 Å². The van der Waals surface area contributed by atoms with Crippen molar-refractivity contribution >= 4 is 11.7 Å². The largest absolute Gasteiger partial charge is 0.468 e. The molecule has 1 aliphatic carbocycles. The molecule has 0 radical (unpaired) electrons. The average molecular weight is 422 g/mol. The summed E-state index contributed by atoms with van der Waals surface area (Å²) < 4.78 is 41.8. The van der Waals surface area contributed by atoms with Gasteiger partial charge in [-0.05, 0) is 37.0 Å². The van der Waals surface area contributed by atoms with E-state index in [1.807, 2.05) is 0 Å². The molecule has 1 saturated carbocycles. The van der Waals surface area contributed by atoms with E-state index in [4.69, 9.17) is 4.74 Å². The Morgan fingerprint density at radius 1 is 1.27 bits per heavy atom. The minimum Gasteiger partial charge on any atom is -0.468 e. The number of alkyl halides is 3. The molecule has 160 valence electrons. The number of ketones is 1. The van der Waals surface area contributed by atoms with Gasteiger partial charge in [-0.2, -0.15) is 13.2 Å². The first-order valence-electron chi connectivity index (χ1n) is 9.55. The van der Waals surface area contributed by atoms with E-state index >= 15 is 0 Å². The molecule has 10 heteroatoms. The summed E-state index contributed by atoms with van der Waals surface area (Å²) in [5, 5.41) is 2.68. The van der Waals surface area contributed by atoms with Gasteiger partial charge in [0, 0.05) is 30.4 Å². The highest BCUT2D eigenvalue weighted by Gasteiger charge is 2.30. The Bertz CT molecular complexity index is 930. The van der Waals surface area contributed by atoms with Crippen LogP contribution in [0.5, 0.6) is 5.88 Å². The Morgan fingerprint density at radius 3 is 2.70 bits per heavy atom. The highest BCUT2D eigenvalue weighted by Crippen LogP contribution is 2.30. The minimum absolute atomic E-state index is 0.0781. The Hall–Kier alpha value is -3.04. The third-order valence-corrected chi connectivity index (χ3v) is 4.49. The van der Waals surface area contributed by atoms with Crippen molar-refractivity contribution in [1.82, 2.24) is 20.3 Å². The van der Waals surface area contributed by atoms with Crippen molar-refractivity contribution in [3.8, 4) is 5.88 Å². The third kappa shape index (κ3) is 6.23. The molecule has 0 aliphatic heterocycles. The van der Waals surface area contributed by atoms with Gasteiger partial charge in [-0.25, -0.2) is 15.0 Å². The fraction of sp³-hybridized carbons (Fsp3) is 0.450. The van der Waals surface area contributed by atoms with E-state index in [2.05, 4.69) is 20.3 Å². The Labute approximate surface area is 171 Å². The van der Waals surface area contributed by atoms with Crippen LogP contribution in [-0.2, 0) is 24.2 Å². The van der Waals surface area contributed by atoms with Crippen molar-refractivity contribution in [1.29, 1.82) is 0 Å². The second-order valence-electron chi connectivity index (χ2n) is 7.02. The summed E-state index contributed by atoms with van der Waals surface area (Å²) in [7, 11) is 0. The summed E-state index contributed by atoms with van der Waals surface area (Å²) in [5.74, 6) is -0.0488. The van der Waals surface area contributed by atoms with Gasteiger partial charge >= 0.3 is 6.18 Å². The molecule has 0 spiro atoms. The number of pyridine rings is 1. The SMILES string of the molecule is CCc1cc(CNC(=O)c2ccnc(CC(=O)C3CC3)n2)cnc1OCC(F)(F)F. The van der Waals surface area contributed by atoms with E-state index in [-0.39, 0.29) is 36.2 Å². The molecule has 2 aromatic rings. The molecule has 1 aliphatic rings. The quantitative estimate of drug-likeness (QED) is 0.668. The molecule has 1 fully saturated rings. The molecule has 2 aromatic heterocycles. The number of hydrogen-bond acceptors (Lipinski definition) is 6. The summed E-state index contributed by atoms with van der Waals surface area (Å²) in [6.45, 7) is 0.465. The van der Waals surface area contributed by atoms with Gasteiger partial charge in [-0.15, -0.1) is 0 Å². The van der Waals surface area contributed by atoms with Crippen LogP contribution >= 0.6 is 0 Å². The van der Waals surface area contributed by atoms with Crippen LogP contribution in [0.2, 0.25) is 0 Å². The van der Waals surface area contributed by atoms with Crippen LogP contribution in [0.25, 0.3) is 0 Å². The molecule has 7 nitrogen and oxygen atoms in total. The number of aromatic nitrogens is 3. The van der Waals surface area contributed by atoms with E-state index in [1.54, 1.807) is 13.0 Å². The standard InChI is InChI=1S/C20H21F3N4O3/c1-2-13-7-12(10-26-19(13)30-11-20(21,22)23)9-25-18(29)15-5-6-24-17(27-15)8-16(28)14-3-4-14/h5-7,10,14H,2-4,8-9,11H2,1H3,(H,25,29). The molecule has 0 saturated heterocycles. The fourth-order valence-corrected chi connectivity index (χ4v) is 2.77. The third-order valence-electron chi connectivity index (χ3n) is 4.49. The van der Waals surface area contributed by atoms with Crippen LogP contribution in [0.15, 0.2) is 24.5 Å². The molecule has 1 amide bonds. The lowest BCUT2D eigenvalue weighted by Gasteiger charge is -2.13. The fourth-order valence-electron chi connectivity index (χ4n) is 2.77. The van der Waals surface area contributed by atoms with Crippen molar-refractivity contribution in [2.24, 2.45) is 5.92 Å². The average Bonchev–Trinajstić information content (AvgIpc) is 3.55. The lowest BCUT2D eigenvalue weighted by molar-refractivity contribution is -0.154. The highest BCUT2D eigenvalue weighted by atomic mass is 19.4. The number of carbonyl (C=O) groups is 2. The summed E-state index contributed by atoms with van der Waals surface area (Å²) in [6.07, 6.45) is 0.658. The maximum absolute atomic E-state index is 12.4. The van der Waals surface area contributed by atoms with Crippen molar-refractivity contribution in [2.45, 2.75) is 45.3 Å². The summed E-state index contributed by atoms with van der Waals surface area (Å²) in [6, 6.07) is 3.09. The molecule has 2 heterocycles. The number of nitrogens with one attached hydrogen (secondary N) is 1. The first-order chi connectivity index (χ1) is 14.2. The zero-order chi connectivity index (χ0) is 21.7. The lowest BCUT2D eigenvalue weighted by Crippen LogP contribution is -2.25. The molecule has 0 aromatic carbocycles. The number of hydrogen-bond donors (Lipinski definition) is 1. The van der Waals surface area contributed by atoms with Gasteiger partial charge in [-0.1, -0.05) is 6.92 Å². The first kappa shape index (κ1) is 21.7. The van der Waals surface area contributed by atoms with Crippen molar-refractivity contribution in [2.75, 3.05) is 6.61 Å². The number of halogens is 3. The first-order valence-corrected chi connectivity index (χ1v) is 9.55. The van der Waals surface area contributed by atoms with Gasteiger partial charge in [0.1, 0.15) is 17.3 Å². The van der Waals surface area contributed by atoms with Crippen LogP contribution in [0, 0.1) is 5.92 Å². The Balaban J connectivity index is 1.59. The second-order valence-corrected chi connectivity index (χ2v) is 7.02. The molecule has 30 heavy (non-hydrogen) atoms. The number of amides is 1. The molecule has 0 bridgehead atoms. The van der Waals surface area contributed by atoms with E-state index in [0.29, 0.717) is 23.4 Å². The molecule has 1 N–H and O–H groups in total. The zero-order valence-corrected chi connectivity index (χ0v) is 16.3.